The number of hydrogen-bond donors (Lipinski definition) is 1. The maximum absolute atomic E-state index is 6.05. The molecule has 108 valence electrons. The van der Waals surface area contributed by atoms with E-state index in [1.54, 1.807) is 18.5 Å². The Labute approximate surface area is 132 Å². The van der Waals surface area contributed by atoms with Gasteiger partial charge in [0.05, 0.1) is 6.26 Å². The molecule has 1 atom stereocenters. The molecule has 1 unspecified atom stereocenters. The van der Waals surface area contributed by atoms with E-state index < -0.39 is 0 Å². The zero-order chi connectivity index (χ0) is 14.8. The van der Waals surface area contributed by atoms with E-state index in [4.69, 9.17) is 27.6 Å². The predicted octanol–water partition coefficient (Wildman–Crippen LogP) is 4.52. The van der Waals surface area contributed by atoms with Gasteiger partial charge >= 0.3 is 0 Å². The van der Waals surface area contributed by atoms with Crippen molar-refractivity contribution >= 4 is 28.9 Å². The monoisotopic (exact) mass is 321 g/mol. The van der Waals surface area contributed by atoms with E-state index in [9.17, 15) is 0 Å². The van der Waals surface area contributed by atoms with Crippen molar-refractivity contribution in [3.63, 3.8) is 0 Å². The predicted molar refractivity (Wildman–Crippen MR) is 83.8 cm³/mol. The molecule has 0 spiro atoms. The Hall–Kier alpha value is -1.91. The first-order valence-electron chi connectivity index (χ1n) is 6.37. The van der Waals surface area contributed by atoms with E-state index in [1.165, 1.54) is 0 Å². The minimum absolute atomic E-state index is 0.227. The highest BCUT2D eigenvalue weighted by Gasteiger charge is 2.21. The number of imidazole rings is 1. The molecule has 0 aliphatic heterocycles. The summed E-state index contributed by atoms with van der Waals surface area (Å²) in [4.78, 5) is 4.39. The molecule has 0 saturated carbocycles. The Bertz CT molecular complexity index is 717. The molecule has 0 bridgehead atoms. The Morgan fingerprint density at radius 2 is 2.00 bits per heavy atom. The quantitative estimate of drug-likeness (QED) is 0.768. The second-order valence-corrected chi connectivity index (χ2v) is 5.52. The van der Waals surface area contributed by atoms with E-state index in [-0.39, 0.29) is 6.04 Å². The summed E-state index contributed by atoms with van der Waals surface area (Å²) in [6, 6.07) is 8.83. The highest BCUT2D eigenvalue weighted by Crippen LogP contribution is 2.29. The fourth-order valence-electron chi connectivity index (χ4n) is 2.18. The molecule has 0 aliphatic rings. The van der Waals surface area contributed by atoms with Crippen molar-refractivity contribution in [1.82, 2.24) is 9.55 Å². The summed E-state index contributed by atoms with van der Waals surface area (Å²) >= 11 is 12.1. The van der Waals surface area contributed by atoms with Crippen LogP contribution in [-0.4, -0.2) is 9.55 Å². The number of hydrogen-bond acceptors (Lipinski definition) is 3. The number of aryl methyl sites for hydroxylation is 1. The standard InChI is InChI=1S/C15H13Cl2N3O/c1-20-5-4-18-15(20)14(13-3-2-6-21-13)19-12-8-10(16)7-11(17)9-12/h2-9,14,19H,1H3. The van der Waals surface area contributed by atoms with Crippen molar-refractivity contribution in [2.24, 2.45) is 7.05 Å². The van der Waals surface area contributed by atoms with Crippen LogP contribution in [0.3, 0.4) is 0 Å². The van der Waals surface area contributed by atoms with Gasteiger partial charge in [-0.1, -0.05) is 23.2 Å². The van der Waals surface area contributed by atoms with Gasteiger partial charge in [-0.05, 0) is 30.3 Å². The van der Waals surface area contributed by atoms with Crippen LogP contribution in [0, 0.1) is 0 Å². The van der Waals surface area contributed by atoms with Crippen molar-refractivity contribution in [1.29, 1.82) is 0 Å². The van der Waals surface area contributed by atoms with E-state index in [0.29, 0.717) is 10.0 Å². The minimum atomic E-state index is -0.227. The number of rotatable bonds is 4. The molecule has 2 aromatic heterocycles. The second kappa shape index (κ2) is 5.84. The van der Waals surface area contributed by atoms with Crippen LogP contribution in [-0.2, 0) is 7.05 Å². The van der Waals surface area contributed by atoms with Gasteiger partial charge in [0.25, 0.3) is 0 Å². The summed E-state index contributed by atoms with van der Waals surface area (Å²) in [5.74, 6) is 1.60. The highest BCUT2D eigenvalue weighted by molar-refractivity contribution is 6.35. The minimum Gasteiger partial charge on any atom is -0.467 e. The second-order valence-electron chi connectivity index (χ2n) is 4.65. The van der Waals surface area contributed by atoms with Crippen LogP contribution >= 0.6 is 23.2 Å². The van der Waals surface area contributed by atoms with Crippen LogP contribution in [0.4, 0.5) is 5.69 Å². The number of aromatic nitrogens is 2. The summed E-state index contributed by atoms with van der Waals surface area (Å²) in [5.41, 5.74) is 0.803. The first-order chi connectivity index (χ1) is 10.1. The lowest BCUT2D eigenvalue weighted by atomic mass is 10.2. The zero-order valence-electron chi connectivity index (χ0n) is 11.3. The van der Waals surface area contributed by atoms with E-state index in [1.807, 2.05) is 42.1 Å². The van der Waals surface area contributed by atoms with Crippen molar-refractivity contribution in [2.45, 2.75) is 6.04 Å². The average molecular weight is 322 g/mol. The largest absolute Gasteiger partial charge is 0.467 e. The smallest absolute Gasteiger partial charge is 0.143 e. The van der Waals surface area contributed by atoms with E-state index in [0.717, 1.165) is 17.3 Å². The number of anilines is 1. The summed E-state index contributed by atoms with van der Waals surface area (Å²) in [6.07, 6.45) is 5.27. The normalized spacial score (nSPS) is 12.3. The molecule has 0 amide bonds. The van der Waals surface area contributed by atoms with Crippen LogP contribution in [0.2, 0.25) is 10.0 Å². The summed E-state index contributed by atoms with van der Waals surface area (Å²) in [7, 11) is 1.94. The van der Waals surface area contributed by atoms with Gasteiger partial charge < -0.3 is 14.3 Å². The molecule has 3 aromatic rings. The number of halogens is 2. The number of nitrogens with one attached hydrogen (secondary N) is 1. The molecule has 0 saturated heterocycles. The van der Waals surface area contributed by atoms with Gasteiger partial charge in [0.15, 0.2) is 0 Å². The fourth-order valence-corrected chi connectivity index (χ4v) is 2.70. The topological polar surface area (TPSA) is 43.0 Å². The molecule has 3 rings (SSSR count). The average Bonchev–Trinajstić information content (AvgIpc) is 3.06. The first kappa shape index (κ1) is 14.0. The van der Waals surface area contributed by atoms with Crippen molar-refractivity contribution in [3.8, 4) is 0 Å². The van der Waals surface area contributed by atoms with Gasteiger partial charge in [-0.3, -0.25) is 0 Å². The van der Waals surface area contributed by atoms with Crippen LogP contribution in [0.25, 0.3) is 0 Å². The first-order valence-corrected chi connectivity index (χ1v) is 7.12. The highest BCUT2D eigenvalue weighted by atomic mass is 35.5. The molecule has 1 N–H and O–H groups in total. The number of benzene rings is 1. The molecular formula is C15H13Cl2N3O. The third-order valence-corrected chi connectivity index (χ3v) is 3.55. The van der Waals surface area contributed by atoms with Gasteiger partial charge in [0.2, 0.25) is 0 Å². The number of furan rings is 1. The van der Waals surface area contributed by atoms with Gasteiger partial charge in [-0.15, -0.1) is 0 Å². The lowest BCUT2D eigenvalue weighted by Crippen LogP contribution is -2.16. The van der Waals surface area contributed by atoms with Crippen LogP contribution in [0.1, 0.15) is 17.6 Å². The Kier molecular flexibility index (Phi) is 3.90. The van der Waals surface area contributed by atoms with Gasteiger partial charge in [-0.2, -0.15) is 0 Å². The Morgan fingerprint density at radius 1 is 1.24 bits per heavy atom. The maximum atomic E-state index is 6.05. The molecule has 0 radical (unpaired) electrons. The van der Waals surface area contributed by atoms with Crippen LogP contribution in [0.5, 0.6) is 0 Å². The molecule has 6 heteroatoms. The zero-order valence-corrected chi connectivity index (χ0v) is 12.8. The van der Waals surface area contributed by atoms with Gasteiger partial charge in [0, 0.05) is 35.2 Å². The van der Waals surface area contributed by atoms with Crippen LogP contribution < -0.4 is 5.32 Å². The van der Waals surface area contributed by atoms with Gasteiger partial charge in [0.1, 0.15) is 17.6 Å². The maximum Gasteiger partial charge on any atom is 0.143 e. The molecule has 0 aliphatic carbocycles. The van der Waals surface area contributed by atoms with E-state index in [2.05, 4.69) is 10.3 Å². The summed E-state index contributed by atoms with van der Waals surface area (Å²) in [5, 5.41) is 4.50. The lowest BCUT2D eigenvalue weighted by Gasteiger charge is -2.18. The van der Waals surface area contributed by atoms with Crippen molar-refractivity contribution in [3.05, 3.63) is 70.6 Å². The summed E-state index contributed by atoms with van der Waals surface area (Å²) < 4.78 is 7.46. The van der Waals surface area contributed by atoms with Crippen molar-refractivity contribution in [2.75, 3.05) is 5.32 Å². The Balaban J connectivity index is 1.99. The number of nitrogens with zero attached hydrogens (tertiary/aromatic N) is 2. The van der Waals surface area contributed by atoms with E-state index >= 15 is 0 Å². The molecule has 0 fully saturated rings. The van der Waals surface area contributed by atoms with Crippen LogP contribution in [0.15, 0.2) is 53.4 Å². The molecule has 4 nitrogen and oxygen atoms in total. The van der Waals surface area contributed by atoms with Crippen molar-refractivity contribution < 1.29 is 4.42 Å². The third-order valence-electron chi connectivity index (χ3n) is 3.12. The Morgan fingerprint density at radius 3 is 2.57 bits per heavy atom. The molecule has 1 aromatic carbocycles. The molecular weight excluding hydrogens is 309 g/mol. The molecule has 2 heterocycles. The SMILES string of the molecule is Cn1ccnc1C(Nc1cc(Cl)cc(Cl)c1)c1ccco1. The summed E-state index contributed by atoms with van der Waals surface area (Å²) in [6.45, 7) is 0. The van der Waals surface area contributed by atoms with Gasteiger partial charge in [-0.25, -0.2) is 4.98 Å². The lowest BCUT2D eigenvalue weighted by molar-refractivity contribution is 0.488. The third kappa shape index (κ3) is 3.06. The molecule has 21 heavy (non-hydrogen) atoms. The fraction of sp³-hybridized carbons (Fsp3) is 0.133.